The smallest absolute Gasteiger partial charge is 0.270 e. The van der Waals surface area contributed by atoms with E-state index in [-0.39, 0.29) is 18.5 Å². The molecule has 1 amide bonds. The van der Waals surface area contributed by atoms with Crippen LogP contribution in [-0.4, -0.2) is 17.0 Å². The van der Waals surface area contributed by atoms with Crippen LogP contribution in [0.4, 0.5) is 10.1 Å². The van der Waals surface area contributed by atoms with E-state index in [1.54, 1.807) is 54.6 Å². The molecule has 0 saturated carbocycles. The molecule has 0 radical (unpaired) electrons. The van der Waals surface area contributed by atoms with Crippen molar-refractivity contribution in [3.63, 3.8) is 0 Å². The van der Waals surface area contributed by atoms with Gasteiger partial charge in [-0.1, -0.05) is 36.1 Å². The standard InChI is InChI=1S/C21H12FNO4S2/c22-15-4-2-1-3-14(15)16-8-6-13(27-16)10-19-20(24)23(21(28)29-19)12-5-7-17-18(9-12)26-11-25-17/h1-10H,11H2/b19-10+. The average molecular weight is 425 g/mol. The summed E-state index contributed by atoms with van der Waals surface area (Å²) in [6.07, 6.45) is 1.61. The van der Waals surface area contributed by atoms with Gasteiger partial charge in [0.2, 0.25) is 6.79 Å². The molecule has 1 fully saturated rings. The van der Waals surface area contributed by atoms with E-state index in [1.807, 2.05) is 0 Å². The topological polar surface area (TPSA) is 51.9 Å². The van der Waals surface area contributed by atoms with Crippen LogP contribution in [0.1, 0.15) is 5.76 Å². The van der Waals surface area contributed by atoms with E-state index in [0.29, 0.717) is 43.5 Å². The van der Waals surface area contributed by atoms with Gasteiger partial charge in [-0.2, -0.15) is 0 Å². The lowest BCUT2D eigenvalue weighted by atomic mass is 10.1. The van der Waals surface area contributed by atoms with E-state index >= 15 is 0 Å². The largest absolute Gasteiger partial charge is 0.457 e. The molecule has 0 aliphatic carbocycles. The summed E-state index contributed by atoms with van der Waals surface area (Å²) >= 11 is 6.57. The van der Waals surface area contributed by atoms with Gasteiger partial charge in [0.05, 0.1) is 16.2 Å². The van der Waals surface area contributed by atoms with E-state index in [4.69, 9.17) is 26.1 Å². The van der Waals surface area contributed by atoms with Gasteiger partial charge in [0.25, 0.3) is 5.91 Å². The number of thiocarbonyl (C=S) groups is 1. The molecule has 29 heavy (non-hydrogen) atoms. The van der Waals surface area contributed by atoms with Gasteiger partial charge in [-0.15, -0.1) is 0 Å². The molecule has 2 aromatic carbocycles. The first-order valence-electron chi connectivity index (χ1n) is 8.62. The third kappa shape index (κ3) is 3.20. The fourth-order valence-corrected chi connectivity index (χ4v) is 4.36. The van der Waals surface area contributed by atoms with Crippen LogP contribution in [0.15, 0.2) is 63.9 Å². The van der Waals surface area contributed by atoms with Crippen molar-refractivity contribution in [2.75, 3.05) is 11.7 Å². The summed E-state index contributed by atoms with van der Waals surface area (Å²) in [5.74, 6) is 1.40. The first-order valence-corrected chi connectivity index (χ1v) is 9.85. The van der Waals surface area contributed by atoms with Crippen molar-refractivity contribution in [1.82, 2.24) is 0 Å². The van der Waals surface area contributed by atoms with Gasteiger partial charge in [-0.25, -0.2) is 4.39 Å². The van der Waals surface area contributed by atoms with Gasteiger partial charge in [0.15, 0.2) is 15.8 Å². The number of furan rings is 1. The Kier molecular flexibility index (Phi) is 4.37. The van der Waals surface area contributed by atoms with Crippen LogP contribution in [-0.2, 0) is 4.79 Å². The highest BCUT2D eigenvalue weighted by Gasteiger charge is 2.34. The second-order valence-corrected chi connectivity index (χ2v) is 7.91. The number of hydrogen-bond donors (Lipinski definition) is 0. The number of hydrogen-bond acceptors (Lipinski definition) is 6. The average Bonchev–Trinajstić information content (AvgIpc) is 3.42. The number of rotatable bonds is 3. The molecule has 1 aromatic heterocycles. The van der Waals surface area contributed by atoms with E-state index in [0.717, 1.165) is 0 Å². The van der Waals surface area contributed by atoms with Crippen LogP contribution in [0, 0.1) is 5.82 Å². The molecule has 3 heterocycles. The molecule has 3 aromatic rings. The molecule has 5 rings (SSSR count). The Hall–Kier alpha value is -3.10. The number of ether oxygens (including phenoxy) is 2. The number of anilines is 1. The van der Waals surface area contributed by atoms with E-state index < -0.39 is 0 Å². The van der Waals surface area contributed by atoms with Crippen molar-refractivity contribution < 1.29 is 23.1 Å². The quantitative estimate of drug-likeness (QED) is 0.424. The molecule has 2 aliphatic heterocycles. The highest BCUT2D eigenvalue weighted by Crippen LogP contribution is 2.41. The van der Waals surface area contributed by atoms with E-state index in [1.165, 1.54) is 22.7 Å². The summed E-state index contributed by atoms with van der Waals surface area (Å²) in [5.41, 5.74) is 0.965. The molecule has 2 aliphatic rings. The van der Waals surface area contributed by atoms with Crippen molar-refractivity contribution in [1.29, 1.82) is 0 Å². The number of carbonyl (C=O) groups excluding carboxylic acids is 1. The van der Waals surface area contributed by atoms with Gasteiger partial charge in [0.1, 0.15) is 17.3 Å². The van der Waals surface area contributed by atoms with Crippen molar-refractivity contribution >= 4 is 46.0 Å². The minimum atomic E-state index is -0.373. The van der Waals surface area contributed by atoms with Crippen LogP contribution in [0.3, 0.4) is 0 Å². The fourth-order valence-electron chi connectivity index (χ4n) is 3.08. The molecule has 0 N–H and O–H groups in total. The van der Waals surface area contributed by atoms with Gasteiger partial charge < -0.3 is 13.9 Å². The monoisotopic (exact) mass is 425 g/mol. The Bertz CT molecular complexity index is 1190. The van der Waals surface area contributed by atoms with Crippen LogP contribution in [0.2, 0.25) is 0 Å². The molecule has 0 atom stereocenters. The molecule has 5 nitrogen and oxygen atoms in total. The second-order valence-electron chi connectivity index (χ2n) is 6.24. The van der Waals surface area contributed by atoms with E-state index in [2.05, 4.69) is 0 Å². The summed E-state index contributed by atoms with van der Waals surface area (Å²) in [4.78, 5) is 14.8. The van der Waals surface area contributed by atoms with Gasteiger partial charge in [0, 0.05) is 12.1 Å². The minimum absolute atomic E-state index is 0.153. The van der Waals surface area contributed by atoms with E-state index in [9.17, 15) is 9.18 Å². The first kappa shape index (κ1) is 18.0. The van der Waals surface area contributed by atoms with Crippen LogP contribution < -0.4 is 14.4 Å². The normalized spacial score (nSPS) is 16.9. The summed E-state index contributed by atoms with van der Waals surface area (Å²) in [7, 11) is 0. The predicted octanol–water partition coefficient (Wildman–Crippen LogP) is 5.22. The maximum absolute atomic E-state index is 14.0. The number of carbonyl (C=O) groups is 1. The Morgan fingerprint density at radius 3 is 2.76 bits per heavy atom. The Balaban J connectivity index is 1.43. The molecular formula is C21H12FNO4S2. The van der Waals surface area contributed by atoms with Crippen molar-refractivity contribution in [3.8, 4) is 22.8 Å². The Morgan fingerprint density at radius 2 is 1.90 bits per heavy atom. The number of thioether (sulfide) groups is 1. The second kappa shape index (κ2) is 7.06. The molecule has 144 valence electrons. The molecule has 0 bridgehead atoms. The summed E-state index contributed by atoms with van der Waals surface area (Å²) in [5, 5.41) is 0. The number of benzene rings is 2. The van der Waals surface area contributed by atoms with Gasteiger partial charge in [-0.05, 0) is 36.4 Å². The predicted molar refractivity (Wildman–Crippen MR) is 112 cm³/mol. The summed E-state index contributed by atoms with van der Waals surface area (Å²) in [6.45, 7) is 0.153. The zero-order chi connectivity index (χ0) is 20.0. The summed E-state index contributed by atoms with van der Waals surface area (Å²) < 4.78 is 30.8. The first-order chi connectivity index (χ1) is 14.1. The van der Waals surface area contributed by atoms with Gasteiger partial charge >= 0.3 is 0 Å². The van der Waals surface area contributed by atoms with Crippen molar-refractivity contribution in [2.24, 2.45) is 0 Å². The zero-order valence-electron chi connectivity index (χ0n) is 14.8. The Labute approximate surface area is 174 Å². The molecule has 8 heteroatoms. The van der Waals surface area contributed by atoms with Crippen LogP contribution in [0.25, 0.3) is 17.4 Å². The minimum Gasteiger partial charge on any atom is -0.457 e. The highest BCUT2D eigenvalue weighted by atomic mass is 32.2. The third-order valence-electron chi connectivity index (χ3n) is 4.45. The maximum Gasteiger partial charge on any atom is 0.270 e. The number of halogens is 1. The molecule has 0 unspecified atom stereocenters. The lowest BCUT2D eigenvalue weighted by Gasteiger charge is -2.14. The summed E-state index contributed by atoms with van der Waals surface area (Å²) in [6, 6.07) is 14.9. The number of nitrogens with zero attached hydrogens (tertiary/aromatic N) is 1. The van der Waals surface area contributed by atoms with Crippen LogP contribution >= 0.6 is 24.0 Å². The fraction of sp³-hybridized carbons (Fsp3) is 0.0476. The Morgan fingerprint density at radius 1 is 1.07 bits per heavy atom. The van der Waals surface area contributed by atoms with Crippen LogP contribution in [0.5, 0.6) is 11.5 Å². The van der Waals surface area contributed by atoms with Crippen molar-refractivity contribution in [3.05, 3.63) is 71.1 Å². The molecule has 0 spiro atoms. The highest BCUT2D eigenvalue weighted by molar-refractivity contribution is 8.27. The van der Waals surface area contributed by atoms with Crippen molar-refractivity contribution in [2.45, 2.75) is 0 Å². The maximum atomic E-state index is 14.0. The molecular weight excluding hydrogens is 413 g/mol. The lowest BCUT2D eigenvalue weighted by Crippen LogP contribution is -2.27. The lowest BCUT2D eigenvalue weighted by molar-refractivity contribution is -0.113. The number of fused-ring (bicyclic) bond motifs is 1. The van der Waals surface area contributed by atoms with Gasteiger partial charge in [-0.3, -0.25) is 9.69 Å². The zero-order valence-corrected chi connectivity index (χ0v) is 16.4. The number of amides is 1. The SMILES string of the molecule is O=C1/C(=C\c2ccc(-c3ccccc3F)o2)SC(=S)N1c1ccc2c(c1)OCO2. The molecule has 1 saturated heterocycles. The third-order valence-corrected chi connectivity index (χ3v) is 5.75.